The van der Waals surface area contributed by atoms with Gasteiger partial charge in [0.15, 0.2) is 17.5 Å². The van der Waals surface area contributed by atoms with E-state index in [1.807, 2.05) is 7.05 Å². The lowest BCUT2D eigenvalue weighted by Crippen LogP contribution is -2.37. The summed E-state index contributed by atoms with van der Waals surface area (Å²) in [6, 6.07) is 3.44. The molecule has 2 unspecified atom stereocenters. The fourth-order valence-electron chi connectivity index (χ4n) is 3.71. The Labute approximate surface area is 160 Å². The van der Waals surface area contributed by atoms with E-state index in [0.29, 0.717) is 28.3 Å². The highest BCUT2D eigenvalue weighted by atomic mass is 35.5. The Morgan fingerprint density at radius 1 is 1.19 bits per heavy atom. The topological polar surface area (TPSA) is 65.6 Å². The highest BCUT2D eigenvalue weighted by molar-refractivity contribution is 6.31. The van der Waals surface area contributed by atoms with Gasteiger partial charge in [0.05, 0.1) is 11.7 Å². The number of nitrogens with zero attached hydrogens (tertiary/aromatic N) is 2. The minimum absolute atomic E-state index is 0.142. The van der Waals surface area contributed by atoms with Crippen LogP contribution in [0.15, 0.2) is 24.5 Å². The monoisotopic (exact) mass is 391 g/mol. The van der Waals surface area contributed by atoms with Gasteiger partial charge in [0.2, 0.25) is 0 Å². The Morgan fingerprint density at radius 2 is 2.00 bits per heavy atom. The highest BCUT2D eigenvalue weighted by Gasteiger charge is 2.22. The number of hydrogen-bond donors (Lipinski definition) is 3. The van der Waals surface area contributed by atoms with E-state index in [-0.39, 0.29) is 16.9 Å². The lowest BCUT2D eigenvalue weighted by Gasteiger charge is -2.29. The van der Waals surface area contributed by atoms with Gasteiger partial charge in [0.1, 0.15) is 5.82 Å². The second-order valence-corrected chi connectivity index (χ2v) is 7.33. The molecule has 0 saturated heterocycles. The van der Waals surface area contributed by atoms with E-state index in [2.05, 4.69) is 25.6 Å². The summed E-state index contributed by atoms with van der Waals surface area (Å²) in [4.78, 5) is 11.3. The van der Waals surface area contributed by atoms with Crippen LogP contribution in [0.2, 0.25) is 5.02 Å². The number of H-pyrrole nitrogens is 1. The molecule has 0 amide bonds. The minimum atomic E-state index is -0.505. The van der Waals surface area contributed by atoms with Crippen LogP contribution in [0.1, 0.15) is 25.7 Å². The van der Waals surface area contributed by atoms with Crippen LogP contribution < -0.4 is 10.6 Å². The summed E-state index contributed by atoms with van der Waals surface area (Å²) in [5.41, 5.74) is 0.896. The third kappa shape index (κ3) is 3.61. The van der Waals surface area contributed by atoms with Gasteiger partial charge in [-0.15, -0.1) is 0 Å². The molecule has 5 nitrogen and oxygen atoms in total. The Hall–Kier alpha value is -2.25. The van der Waals surface area contributed by atoms with E-state index < -0.39 is 11.6 Å². The quantitative estimate of drug-likeness (QED) is 0.612. The number of aromatic amines is 1. The highest BCUT2D eigenvalue weighted by Crippen LogP contribution is 2.31. The van der Waals surface area contributed by atoms with Crippen LogP contribution in [0, 0.1) is 11.6 Å². The number of nitrogens with one attached hydrogen (secondary N) is 3. The predicted molar refractivity (Wildman–Crippen MR) is 103 cm³/mol. The largest absolute Gasteiger partial charge is 0.365 e. The van der Waals surface area contributed by atoms with E-state index in [0.717, 1.165) is 31.9 Å². The zero-order valence-electron chi connectivity index (χ0n) is 14.8. The third-order valence-corrected chi connectivity index (χ3v) is 5.33. The van der Waals surface area contributed by atoms with Crippen molar-refractivity contribution in [2.75, 3.05) is 12.4 Å². The molecule has 3 aromatic rings. The van der Waals surface area contributed by atoms with E-state index in [4.69, 9.17) is 11.6 Å². The Bertz CT molecular complexity index is 974. The number of hydrogen-bond acceptors (Lipinski definition) is 4. The maximum atomic E-state index is 14.3. The van der Waals surface area contributed by atoms with Crippen LogP contribution in [0.4, 0.5) is 14.6 Å². The molecule has 2 atom stereocenters. The van der Waals surface area contributed by atoms with Gasteiger partial charge in [-0.05, 0) is 44.9 Å². The number of halogens is 3. The second-order valence-electron chi connectivity index (χ2n) is 6.90. The van der Waals surface area contributed by atoms with Crippen molar-refractivity contribution in [1.82, 2.24) is 20.3 Å². The van der Waals surface area contributed by atoms with Crippen LogP contribution in [0.25, 0.3) is 22.3 Å². The van der Waals surface area contributed by atoms with Crippen molar-refractivity contribution in [3.8, 4) is 11.4 Å². The molecular formula is C19H20ClF2N5. The smallest absolute Gasteiger partial charge is 0.183 e. The first-order valence-electron chi connectivity index (χ1n) is 8.98. The second kappa shape index (κ2) is 7.40. The zero-order chi connectivity index (χ0) is 19.0. The number of benzene rings is 1. The molecule has 1 saturated carbocycles. The molecule has 0 spiro atoms. The van der Waals surface area contributed by atoms with Gasteiger partial charge >= 0.3 is 0 Å². The Balaban J connectivity index is 1.67. The van der Waals surface area contributed by atoms with Crippen molar-refractivity contribution in [3.63, 3.8) is 0 Å². The zero-order valence-corrected chi connectivity index (χ0v) is 15.6. The molecule has 0 aliphatic heterocycles. The van der Waals surface area contributed by atoms with Gasteiger partial charge in [-0.3, -0.25) is 0 Å². The van der Waals surface area contributed by atoms with E-state index in [1.165, 1.54) is 6.07 Å². The molecule has 0 bridgehead atoms. The molecule has 2 aromatic heterocycles. The van der Waals surface area contributed by atoms with Gasteiger partial charge in [0, 0.05) is 34.3 Å². The predicted octanol–water partition coefficient (Wildman–Crippen LogP) is 4.50. The van der Waals surface area contributed by atoms with E-state index >= 15 is 0 Å². The molecule has 27 heavy (non-hydrogen) atoms. The molecule has 1 aliphatic carbocycles. The Kier molecular flexibility index (Phi) is 4.97. The number of aromatic nitrogens is 3. The summed E-state index contributed by atoms with van der Waals surface area (Å²) >= 11 is 5.98. The fraction of sp³-hybridized carbons (Fsp3) is 0.368. The summed E-state index contributed by atoms with van der Waals surface area (Å²) < 4.78 is 28.4. The van der Waals surface area contributed by atoms with Crippen LogP contribution in [-0.4, -0.2) is 34.1 Å². The Morgan fingerprint density at radius 3 is 2.81 bits per heavy atom. The summed E-state index contributed by atoms with van der Waals surface area (Å²) in [5, 5.41) is 7.33. The van der Waals surface area contributed by atoms with Crippen molar-refractivity contribution in [1.29, 1.82) is 0 Å². The average Bonchev–Trinajstić information content (AvgIpc) is 3.08. The molecule has 142 valence electrons. The normalized spacial score (nSPS) is 20.1. The molecule has 1 aromatic carbocycles. The van der Waals surface area contributed by atoms with Gasteiger partial charge in [-0.2, -0.15) is 0 Å². The van der Waals surface area contributed by atoms with Crippen molar-refractivity contribution in [2.24, 2.45) is 0 Å². The number of fused-ring (bicyclic) bond motifs is 1. The van der Waals surface area contributed by atoms with Gasteiger partial charge in [-0.1, -0.05) is 11.6 Å². The average molecular weight is 392 g/mol. The van der Waals surface area contributed by atoms with Crippen LogP contribution in [0.3, 0.4) is 0 Å². The SMILES string of the molecule is CNC1CCCC(Nc2nc(-c3c[nH]c4c(F)cc(Cl)cc34)ncc2F)C1. The first-order chi connectivity index (χ1) is 13.0. The summed E-state index contributed by atoms with van der Waals surface area (Å²) in [6.45, 7) is 0. The number of anilines is 1. The van der Waals surface area contributed by atoms with Crippen LogP contribution in [0.5, 0.6) is 0 Å². The molecule has 3 N–H and O–H groups in total. The summed E-state index contributed by atoms with van der Waals surface area (Å²) in [6.07, 6.45) is 6.81. The molecule has 1 aliphatic rings. The summed E-state index contributed by atoms with van der Waals surface area (Å²) in [7, 11) is 1.94. The van der Waals surface area contributed by atoms with Gasteiger partial charge < -0.3 is 15.6 Å². The maximum Gasteiger partial charge on any atom is 0.183 e. The minimum Gasteiger partial charge on any atom is -0.365 e. The fourth-order valence-corrected chi connectivity index (χ4v) is 3.92. The standard InChI is InChI=1S/C19H20ClF2N5/c1-23-11-3-2-4-12(7-11)26-19-16(22)9-25-18(27-19)14-8-24-17-13(14)5-10(20)6-15(17)21/h5-6,8-9,11-12,23-24H,2-4,7H2,1H3,(H,25,26,27). The maximum absolute atomic E-state index is 14.3. The van der Waals surface area contributed by atoms with Crippen molar-refractivity contribution < 1.29 is 8.78 Å². The summed E-state index contributed by atoms with van der Waals surface area (Å²) in [5.74, 6) is -0.481. The molecular weight excluding hydrogens is 372 g/mol. The first-order valence-corrected chi connectivity index (χ1v) is 9.35. The van der Waals surface area contributed by atoms with Crippen molar-refractivity contribution in [3.05, 3.63) is 41.2 Å². The lowest BCUT2D eigenvalue weighted by atomic mass is 9.91. The van der Waals surface area contributed by atoms with Gasteiger partial charge in [0.25, 0.3) is 0 Å². The van der Waals surface area contributed by atoms with Crippen molar-refractivity contribution in [2.45, 2.75) is 37.8 Å². The lowest BCUT2D eigenvalue weighted by molar-refractivity contribution is 0.368. The van der Waals surface area contributed by atoms with E-state index in [1.54, 1.807) is 12.3 Å². The molecule has 1 fully saturated rings. The first kappa shape index (κ1) is 18.1. The van der Waals surface area contributed by atoms with Crippen LogP contribution in [-0.2, 0) is 0 Å². The molecule has 0 radical (unpaired) electrons. The van der Waals surface area contributed by atoms with Crippen LogP contribution >= 0.6 is 11.6 Å². The molecule has 8 heteroatoms. The molecule has 2 heterocycles. The number of rotatable bonds is 4. The van der Waals surface area contributed by atoms with E-state index in [9.17, 15) is 8.78 Å². The third-order valence-electron chi connectivity index (χ3n) is 5.11. The van der Waals surface area contributed by atoms with Crippen molar-refractivity contribution >= 4 is 28.3 Å². The molecule has 4 rings (SSSR count). The van der Waals surface area contributed by atoms with Gasteiger partial charge in [-0.25, -0.2) is 18.7 Å².